The van der Waals surface area contributed by atoms with Crippen LogP contribution in [0.2, 0.25) is 0 Å². The molecule has 2 aromatic rings. The van der Waals surface area contributed by atoms with E-state index in [2.05, 4.69) is 16.4 Å². The lowest BCUT2D eigenvalue weighted by atomic mass is 10.1. The van der Waals surface area contributed by atoms with Crippen molar-refractivity contribution in [3.63, 3.8) is 0 Å². The third-order valence-corrected chi connectivity index (χ3v) is 3.12. The minimum absolute atomic E-state index is 0.297. The number of benzene rings is 1. The summed E-state index contributed by atoms with van der Waals surface area (Å²) in [6.07, 6.45) is 0. The van der Waals surface area contributed by atoms with Crippen LogP contribution in [-0.2, 0) is 4.79 Å². The van der Waals surface area contributed by atoms with Gasteiger partial charge in [0.1, 0.15) is 11.9 Å². The quantitative estimate of drug-likeness (QED) is 0.900. The molecule has 1 heterocycles. The second kappa shape index (κ2) is 6.06. The molecule has 1 unspecified atom stereocenters. The largest absolute Gasteiger partial charge is 0.479 e. The van der Waals surface area contributed by atoms with E-state index in [-0.39, 0.29) is 0 Å². The second-order valence-electron chi connectivity index (χ2n) is 4.74. The Bertz CT molecular complexity index is 705. The van der Waals surface area contributed by atoms with Crippen molar-refractivity contribution in [3.05, 3.63) is 58.8 Å². The van der Waals surface area contributed by atoms with Crippen LogP contribution < -0.4 is 5.32 Å². The molecule has 1 atom stereocenters. The molecule has 1 aromatic heterocycles. The maximum atomic E-state index is 11.5. The number of nitrogens with one attached hydrogen (secondary N) is 1. The van der Waals surface area contributed by atoms with Crippen LogP contribution in [0.5, 0.6) is 0 Å². The number of carbonyl (C=O) groups is 1. The number of aryl methyl sites for hydroxylation is 2. The van der Waals surface area contributed by atoms with Gasteiger partial charge >= 0.3 is 5.97 Å². The predicted molar refractivity (Wildman–Crippen MR) is 78.9 cm³/mol. The highest BCUT2D eigenvalue weighted by Crippen LogP contribution is 2.23. The fourth-order valence-corrected chi connectivity index (χ4v) is 2.15. The third kappa shape index (κ3) is 3.18. The molecule has 0 aliphatic rings. The molecule has 106 valence electrons. The molecule has 5 heteroatoms. The van der Waals surface area contributed by atoms with E-state index in [0.717, 1.165) is 11.3 Å². The number of carboxylic acids is 1. The lowest BCUT2D eigenvalue weighted by molar-refractivity contribution is -0.138. The van der Waals surface area contributed by atoms with Crippen LogP contribution in [0.15, 0.2) is 36.4 Å². The molecule has 0 saturated carbocycles. The normalized spacial score (nSPS) is 11.5. The number of nitrogens with zero attached hydrogens (tertiary/aromatic N) is 2. The van der Waals surface area contributed by atoms with Crippen molar-refractivity contribution in [3.8, 4) is 6.07 Å². The van der Waals surface area contributed by atoms with Crippen molar-refractivity contribution < 1.29 is 9.90 Å². The summed E-state index contributed by atoms with van der Waals surface area (Å²) in [5.74, 6) is -0.725. The van der Waals surface area contributed by atoms with Gasteiger partial charge < -0.3 is 10.4 Å². The summed E-state index contributed by atoms with van der Waals surface area (Å²) in [6.45, 7) is 3.61. The molecule has 2 rings (SSSR count). The summed E-state index contributed by atoms with van der Waals surface area (Å²) in [5.41, 5.74) is 2.47. The van der Waals surface area contributed by atoms with Crippen LogP contribution >= 0.6 is 0 Å². The van der Waals surface area contributed by atoms with Gasteiger partial charge in [0.25, 0.3) is 0 Å². The number of aromatic nitrogens is 1. The number of rotatable bonds is 4. The van der Waals surface area contributed by atoms with E-state index in [9.17, 15) is 15.2 Å². The number of nitriles is 1. The Morgan fingerprint density at radius 1 is 1.33 bits per heavy atom. The summed E-state index contributed by atoms with van der Waals surface area (Å²) < 4.78 is 0. The summed E-state index contributed by atoms with van der Waals surface area (Å²) in [6, 6.07) is 11.7. The SMILES string of the molecule is Cc1cc(C)c(C#N)c(NC(C(=O)O)c2ccccc2)n1. The maximum absolute atomic E-state index is 11.5. The molecule has 0 fully saturated rings. The van der Waals surface area contributed by atoms with Gasteiger partial charge in [-0.25, -0.2) is 9.78 Å². The molecule has 0 aliphatic carbocycles. The lowest BCUT2D eigenvalue weighted by Gasteiger charge is -2.17. The van der Waals surface area contributed by atoms with Crippen molar-refractivity contribution in [2.24, 2.45) is 0 Å². The van der Waals surface area contributed by atoms with Crippen LogP contribution in [0.1, 0.15) is 28.4 Å². The first kappa shape index (κ1) is 14.5. The standard InChI is InChI=1S/C16H15N3O2/c1-10-8-11(2)18-15(13(10)9-17)19-14(16(20)21)12-6-4-3-5-7-12/h3-8,14H,1-2H3,(H,18,19)(H,20,21). The first-order valence-corrected chi connectivity index (χ1v) is 6.45. The van der Waals surface area contributed by atoms with Crippen molar-refractivity contribution in [1.82, 2.24) is 4.98 Å². The maximum Gasteiger partial charge on any atom is 0.330 e. The smallest absolute Gasteiger partial charge is 0.330 e. The zero-order chi connectivity index (χ0) is 15.4. The molecule has 21 heavy (non-hydrogen) atoms. The van der Waals surface area contributed by atoms with Gasteiger partial charge in [-0.3, -0.25) is 0 Å². The highest BCUT2D eigenvalue weighted by Gasteiger charge is 2.22. The van der Waals surface area contributed by atoms with E-state index in [1.54, 1.807) is 44.2 Å². The highest BCUT2D eigenvalue weighted by atomic mass is 16.4. The Morgan fingerprint density at radius 3 is 2.57 bits per heavy atom. The topological polar surface area (TPSA) is 86.0 Å². The Hall–Kier alpha value is -2.87. The van der Waals surface area contributed by atoms with Crippen LogP contribution in [-0.4, -0.2) is 16.1 Å². The average Bonchev–Trinajstić information content (AvgIpc) is 2.45. The molecular weight excluding hydrogens is 266 g/mol. The van der Waals surface area contributed by atoms with Gasteiger partial charge in [-0.05, 0) is 31.0 Å². The molecule has 0 bridgehead atoms. The Balaban J connectivity index is 2.44. The zero-order valence-corrected chi connectivity index (χ0v) is 11.8. The monoisotopic (exact) mass is 281 g/mol. The molecule has 0 radical (unpaired) electrons. The minimum Gasteiger partial charge on any atom is -0.479 e. The Morgan fingerprint density at radius 2 is 2.00 bits per heavy atom. The van der Waals surface area contributed by atoms with E-state index in [1.165, 1.54) is 0 Å². The minimum atomic E-state index is -1.02. The molecule has 1 aromatic carbocycles. The van der Waals surface area contributed by atoms with E-state index in [0.29, 0.717) is 16.9 Å². The van der Waals surface area contributed by atoms with Gasteiger partial charge in [0.05, 0.1) is 5.56 Å². The molecular formula is C16H15N3O2. The molecule has 0 saturated heterocycles. The van der Waals surface area contributed by atoms with Gasteiger partial charge in [0.15, 0.2) is 6.04 Å². The number of hydrogen-bond acceptors (Lipinski definition) is 4. The Kier molecular flexibility index (Phi) is 4.19. The van der Waals surface area contributed by atoms with Crippen molar-refractivity contribution in [2.75, 3.05) is 5.32 Å². The van der Waals surface area contributed by atoms with E-state index in [1.807, 2.05) is 6.07 Å². The third-order valence-electron chi connectivity index (χ3n) is 3.12. The van der Waals surface area contributed by atoms with Gasteiger partial charge in [-0.1, -0.05) is 30.3 Å². The summed E-state index contributed by atoms with van der Waals surface area (Å²) in [4.78, 5) is 15.8. The predicted octanol–water partition coefficient (Wildman–Crippen LogP) is 2.81. The molecule has 0 aliphatic heterocycles. The van der Waals surface area contributed by atoms with Gasteiger partial charge in [0.2, 0.25) is 0 Å². The number of pyridine rings is 1. The molecule has 2 N–H and O–H groups in total. The van der Waals surface area contributed by atoms with Crippen LogP contribution in [0, 0.1) is 25.2 Å². The number of anilines is 1. The number of carboxylic acid groups (broad SMARTS) is 1. The fourth-order valence-electron chi connectivity index (χ4n) is 2.15. The Labute approximate surface area is 122 Å². The van der Waals surface area contributed by atoms with Crippen molar-refractivity contribution in [1.29, 1.82) is 5.26 Å². The van der Waals surface area contributed by atoms with Crippen LogP contribution in [0.4, 0.5) is 5.82 Å². The van der Waals surface area contributed by atoms with Crippen molar-refractivity contribution in [2.45, 2.75) is 19.9 Å². The van der Waals surface area contributed by atoms with E-state index in [4.69, 9.17) is 0 Å². The first-order valence-electron chi connectivity index (χ1n) is 6.45. The number of aliphatic carboxylic acids is 1. The number of hydrogen-bond donors (Lipinski definition) is 2. The highest BCUT2D eigenvalue weighted by molar-refractivity contribution is 5.79. The summed E-state index contributed by atoms with van der Waals surface area (Å²) in [5, 5.41) is 21.5. The van der Waals surface area contributed by atoms with E-state index >= 15 is 0 Å². The average molecular weight is 281 g/mol. The van der Waals surface area contributed by atoms with E-state index < -0.39 is 12.0 Å². The van der Waals surface area contributed by atoms with Crippen molar-refractivity contribution >= 4 is 11.8 Å². The van der Waals surface area contributed by atoms with Crippen LogP contribution in [0.3, 0.4) is 0 Å². The van der Waals surface area contributed by atoms with Gasteiger partial charge in [-0.2, -0.15) is 5.26 Å². The van der Waals surface area contributed by atoms with Gasteiger partial charge in [0, 0.05) is 5.69 Å². The zero-order valence-electron chi connectivity index (χ0n) is 11.8. The molecule has 0 spiro atoms. The van der Waals surface area contributed by atoms with Gasteiger partial charge in [-0.15, -0.1) is 0 Å². The van der Waals surface area contributed by atoms with Crippen LogP contribution in [0.25, 0.3) is 0 Å². The molecule has 5 nitrogen and oxygen atoms in total. The lowest BCUT2D eigenvalue weighted by Crippen LogP contribution is -2.22. The molecule has 0 amide bonds. The fraction of sp³-hybridized carbons (Fsp3) is 0.188. The first-order chi connectivity index (χ1) is 10.0. The summed E-state index contributed by atoms with van der Waals surface area (Å²) >= 11 is 0. The second-order valence-corrected chi connectivity index (χ2v) is 4.74. The summed E-state index contributed by atoms with van der Waals surface area (Å²) in [7, 11) is 0.